The van der Waals surface area contributed by atoms with Crippen molar-refractivity contribution >= 4 is 10.9 Å². The third kappa shape index (κ3) is 3.35. The zero-order valence-corrected chi connectivity index (χ0v) is 11.6. The molecule has 0 aliphatic rings. The van der Waals surface area contributed by atoms with Crippen LogP contribution in [0.15, 0.2) is 47.5 Å². The van der Waals surface area contributed by atoms with Crippen LogP contribution in [0, 0.1) is 0 Å². The van der Waals surface area contributed by atoms with Crippen LogP contribution in [0.4, 0.5) is 0 Å². The van der Waals surface area contributed by atoms with Gasteiger partial charge in [0.15, 0.2) is 0 Å². The van der Waals surface area contributed by atoms with Gasteiger partial charge in [-0.3, -0.25) is 9.48 Å². The van der Waals surface area contributed by atoms with E-state index < -0.39 is 0 Å². The molecular weight excluding hydrogens is 266 g/mol. The monoisotopic (exact) mass is 283 g/mol. The van der Waals surface area contributed by atoms with Gasteiger partial charge in [0, 0.05) is 18.9 Å². The molecule has 0 radical (unpaired) electrons. The first-order valence-electron chi connectivity index (χ1n) is 6.99. The van der Waals surface area contributed by atoms with Crippen LogP contribution in [0.3, 0.4) is 0 Å². The number of hydrogen-bond donors (Lipinski definition) is 2. The number of nitrogens with zero attached hydrogens (tertiary/aromatic N) is 3. The lowest BCUT2D eigenvalue weighted by atomic mass is 10.2. The molecule has 3 aromatic rings. The van der Waals surface area contributed by atoms with Gasteiger partial charge in [-0.1, -0.05) is 12.1 Å². The highest BCUT2D eigenvalue weighted by molar-refractivity contribution is 5.77. The van der Waals surface area contributed by atoms with E-state index in [1.54, 1.807) is 12.3 Å². The molecule has 2 N–H and O–H groups in total. The summed E-state index contributed by atoms with van der Waals surface area (Å²) >= 11 is 0. The van der Waals surface area contributed by atoms with E-state index in [0.29, 0.717) is 17.8 Å². The second-order valence-corrected chi connectivity index (χ2v) is 4.83. The van der Waals surface area contributed by atoms with Crippen LogP contribution in [0.1, 0.15) is 12.2 Å². The standard InChI is InChI=1S/C15H17N5O/c21-15-12-5-1-2-6-13(12)18-14(19-15)11-16-7-3-9-20-10-4-8-17-20/h1-2,4-6,8,10,16H,3,7,9,11H2,(H,18,19,21). The minimum absolute atomic E-state index is 0.0889. The fourth-order valence-electron chi connectivity index (χ4n) is 2.22. The van der Waals surface area contributed by atoms with Crippen LogP contribution in [0.2, 0.25) is 0 Å². The molecule has 0 spiro atoms. The summed E-state index contributed by atoms with van der Waals surface area (Å²) in [5, 5.41) is 8.05. The molecule has 0 unspecified atom stereocenters. The number of rotatable bonds is 6. The maximum Gasteiger partial charge on any atom is 0.258 e. The summed E-state index contributed by atoms with van der Waals surface area (Å²) in [5.41, 5.74) is 0.642. The Hall–Kier alpha value is -2.47. The van der Waals surface area contributed by atoms with Crippen LogP contribution in [0.5, 0.6) is 0 Å². The third-order valence-corrected chi connectivity index (χ3v) is 3.25. The summed E-state index contributed by atoms with van der Waals surface area (Å²) < 4.78 is 1.90. The largest absolute Gasteiger partial charge is 0.310 e. The molecule has 0 atom stereocenters. The van der Waals surface area contributed by atoms with Crippen molar-refractivity contribution in [3.63, 3.8) is 0 Å². The Labute approximate surface area is 121 Å². The Kier molecular flexibility index (Phi) is 4.07. The number of para-hydroxylation sites is 1. The smallest absolute Gasteiger partial charge is 0.258 e. The van der Waals surface area contributed by atoms with Crippen molar-refractivity contribution in [2.75, 3.05) is 6.54 Å². The van der Waals surface area contributed by atoms with Crippen LogP contribution in [0.25, 0.3) is 10.9 Å². The Morgan fingerprint density at radius 2 is 2.14 bits per heavy atom. The number of aryl methyl sites for hydroxylation is 1. The van der Waals surface area contributed by atoms with Gasteiger partial charge in [-0.25, -0.2) is 4.98 Å². The van der Waals surface area contributed by atoms with Crippen LogP contribution >= 0.6 is 0 Å². The van der Waals surface area contributed by atoms with Gasteiger partial charge in [-0.15, -0.1) is 0 Å². The highest BCUT2D eigenvalue weighted by atomic mass is 16.1. The van der Waals surface area contributed by atoms with Gasteiger partial charge in [0.25, 0.3) is 5.56 Å². The molecule has 0 bridgehead atoms. The first-order chi connectivity index (χ1) is 10.3. The van der Waals surface area contributed by atoms with Crippen molar-refractivity contribution < 1.29 is 0 Å². The first kappa shape index (κ1) is 13.5. The highest BCUT2D eigenvalue weighted by Crippen LogP contribution is 2.05. The third-order valence-electron chi connectivity index (χ3n) is 3.25. The molecule has 108 valence electrons. The molecule has 1 aromatic carbocycles. The molecule has 0 saturated carbocycles. The molecule has 0 aliphatic heterocycles. The van der Waals surface area contributed by atoms with Crippen LogP contribution < -0.4 is 10.9 Å². The van der Waals surface area contributed by atoms with E-state index in [2.05, 4.69) is 20.4 Å². The fourth-order valence-corrected chi connectivity index (χ4v) is 2.22. The normalized spacial score (nSPS) is 11.0. The summed E-state index contributed by atoms with van der Waals surface area (Å²) in [6.07, 6.45) is 4.69. The Bertz CT molecular complexity index is 763. The minimum Gasteiger partial charge on any atom is -0.310 e. The second-order valence-electron chi connectivity index (χ2n) is 4.83. The molecule has 2 heterocycles. The van der Waals surface area contributed by atoms with E-state index in [4.69, 9.17) is 0 Å². The summed E-state index contributed by atoms with van der Waals surface area (Å²) in [4.78, 5) is 19.2. The number of aromatic nitrogens is 4. The highest BCUT2D eigenvalue weighted by Gasteiger charge is 2.02. The van der Waals surface area contributed by atoms with Crippen molar-refractivity contribution in [2.45, 2.75) is 19.5 Å². The number of H-pyrrole nitrogens is 1. The molecule has 0 aliphatic carbocycles. The number of aromatic amines is 1. The molecular formula is C15H17N5O. The van der Waals surface area contributed by atoms with Gasteiger partial charge in [0.2, 0.25) is 0 Å². The Balaban J connectivity index is 1.54. The zero-order chi connectivity index (χ0) is 14.5. The maximum absolute atomic E-state index is 11.9. The Morgan fingerprint density at radius 1 is 1.24 bits per heavy atom. The molecule has 0 amide bonds. The fraction of sp³-hybridized carbons (Fsp3) is 0.267. The average Bonchev–Trinajstić information content (AvgIpc) is 3.00. The summed E-state index contributed by atoms with van der Waals surface area (Å²) in [6.45, 7) is 2.28. The van der Waals surface area contributed by atoms with Crippen LogP contribution in [-0.2, 0) is 13.1 Å². The summed E-state index contributed by atoms with van der Waals surface area (Å²) in [6, 6.07) is 9.27. The lowest BCUT2D eigenvalue weighted by Crippen LogP contribution is -2.21. The maximum atomic E-state index is 11.9. The van der Waals surface area contributed by atoms with E-state index in [1.807, 2.05) is 35.1 Å². The van der Waals surface area contributed by atoms with E-state index in [-0.39, 0.29) is 5.56 Å². The van der Waals surface area contributed by atoms with Crippen molar-refractivity contribution in [3.8, 4) is 0 Å². The zero-order valence-electron chi connectivity index (χ0n) is 11.6. The number of hydrogen-bond acceptors (Lipinski definition) is 4. The van der Waals surface area contributed by atoms with Crippen LogP contribution in [-0.4, -0.2) is 26.3 Å². The van der Waals surface area contributed by atoms with Gasteiger partial charge in [0.1, 0.15) is 5.82 Å². The van der Waals surface area contributed by atoms with Gasteiger partial charge >= 0.3 is 0 Å². The molecule has 21 heavy (non-hydrogen) atoms. The minimum atomic E-state index is -0.0889. The lowest BCUT2D eigenvalue weighted by Gasteiger charge is -2.05. The molecule has 6 nitrogen and oxygen atoms in total. The van der Waals surface area contributed by atoms with Crippen molar-refractivity contribution in [3.05, 3.63) is 58.9 Å². The topological polar surface area (TPSA) is 75.6 Å². The van der Waals surface area contributed by atoms with E-state index in [9.17, 15) is 4.79 Å². The van der Waals surface area contributed by atoms with E-state index >= 15 is 0 Å². The van der Waals surface area contributed by atoms with Crippen molar-refractivity contribution in [1.29, 1.82) is 0 Å². The SMILES string of the molecule is O=c1[nH]c(CNCCCn2cccn2)nc2ccccc12. The second kappa shape index (κ2) is 6.32. The van der Waals surface area contributed by atoms with Crippen molar-refractivity contribution in [2.24, 2.45) is 0 Å². The molecule has 3 rings (SSSR count). The quantitative estimate of drug-likeness (QED) is 0.669. The number of benzene rings is 1. The summed E-state index contributed by atoms with van der Waals surface area (Å²) in [7, 11) is 0. The van der Waals surface area contributed by atoms with Gasteiger partial charge in [0.05, 0.1) is 17.4 Å². The first-order valence-corrected chi connectivity index (χ1v) is 6.99. The van der Waals surface area contributed by atoms with Gasteiger partial charge < -0.3 is 10.3 Å². The average molecular weight is 283 g/mol. The molecule has 2 aromatic heterocycles. The molecule has 0 saturated heterocycles. The lowest BCUT2D eigenvalue weighted by molar-refractivity contribution is 0.538. The number of fused-ring (bicyclic) bond motifs is 1. The van der Waals surface area contributed by atoms with Crippen molar-refractivity contribution in [1.82, 2.24) is 25.1 Å². The number of nitrogens with one attached hydrogen (secondary N) is 2. The molecule has 6 heteroatoms. The van der Waals surface area contributed by atoms with Gasteiger partial charge in [-0.2, -0.15) is 5.10 Å². The predicted molar refractivity (Wildman–Crippen MR) is 80.9 cm³/mol. The molecule has 0 fully saturated rings. The van der Waals surface area contributed by atoms with Gasteiger partial charge in [-0.05, 0) is 31.2 Å². The predicted octanol–water partition coefficient (Wildman–Crippen LogP) is 1.30. The Morgan fingerprint density at radius 3 is 3.00 bits per heavy atom. The summed E-state index contributed by atoms with van der Waals surface area (Å²) in [5.74, 6) is 0.665. The van der Waals surface area contributed by atoms with E-state index in [1.165, 1.54) is 0 Å². The van der Waals surface area contributed by atoms with E-state index in [0.717, 1.165) is 25.0 Å².